The maximum absolute atomic E-state index is 13.2. The number of benzene rings is 3. The molecule has 0 fully saturated rings. The Labute approximate surface area is 193 Å². The number of rotatable bonds is 5. The van der Waals surface area contributed by atoms with Gasteiger partial charge < -0.3 is 5.32 Å². The molecule has 31 heavy (non-hydrogen) atoms. The van der Waals surface area contributed by atoms with Crippen molar-refractivity contribution < 1.29 is 4.79 Å². The number of amides is 1. The van der Waals surface area contributed by atoms with E-state index in [0.29, 0.717) is 37.5 Å². The van der Waals surface area contributed by atoms with E-state index in [-0.39, 0.29) is 17.2 Å². The molecule has 1 heterocycles. The van der Waals surface area contributed by atoms with Gasteiger partial charge in [-0.1, -0.05) is 70.9 Å². The summed E-state index contributed by atoms with van der Waals surface area (Å²) in [5.41, 5.74) is 2.51. The second-order valence-electron chi connectivity index (χ2n) is 6.82. The molecule has 3 aromatic carbocycles. The molecule has 0 saturated carbocycles. The fraction of sp³-hybridized carbons (Fsp3) is 0.0870. The standard InChI is InChI=1S/C23H17Cl2N3O2S/c1-14-9-11-15(12-10-14)28-22(30)16-5-2-3-8-19(16)26-23(28)31-13-20(29)27-21-17(24)6-4-7-18(21)25/h2-12H,13H2,1H3,(H,27,29). The normalized spacial score (nSPS) is 10.9. The molecule has 0 radical (unpaired) electrons. The molecule has 1 aromatic heterocycles. The SMILES string of the molecule is Cc1ccc(-n2c(SCC(=O)Nc3c(Cl)cccc3Cl)nc3ccccc3c2=O)cc1. The van der Waals surface area contributed by atoms with Crippen LogP contribution in [0.3, 0.4) is 0 Å². The number of nitrogens with zero attached hydrogens (tertiary/aromatic N) is 2. The van der Waals surface area contributed by atoms with E-state index >= 15 is 0 Å². The Morgan fingerprint density at radius 2 is 1.68 bits per heavy atom. The summed E-state index contributed by atoms with van der Waals surface area (Å²) < 4.78 is 1.53. The van der Waals surface area contributed by atoms with Gasteiger partial charge in [0.05, 0.1) is 38.1 Å². The Kier molecular flexibility index (Phi) is 6.32. The highest BCUT2D eigenvalue weighted by atomic mass is 35.5. The monoisotopic (exact) mass is 469 g/mol. The Hall–Kier alpha value is -2.80. The molecule has 8 heteroatoms. The summed E-state index contributed by atoms with van der Waals surface area (Å²) in [5.74, 6) is -0.282. The molecule has 1 N–H and O–H groups in total. The number of carbonyl (C=O) groups is 1. The number of carbonyl (C=O) groups excluding carboxylic acids is 1. The summed E-state index contributed by atoms with van der Waals surface area (Å²) in [5, 5.41) is 4.37. The van der Waals surface area contributed by atoms with Crippen molar-refractivity contribution in [3.05, 3.63) is 92.7 Å². The molecule has 5 nitrogen and oxygen atoms in total. The smallest absolute Gasteiger partial charge is 0.266 e. The number of nitrogens with one attached hydrogen (secondary N) is 1. The quantitative estimate of drug-likeness (QED) is 0.299. The Morgan fingerprint density at radius 3 is 2.39 bits per heavy atom. The van der Waals surface area contributed by atoms with Crippen molar-refractivity contribution in [3.8, 4) is 5.69 Å². The van der Waals surface area contributed by atoms with Gasteiger partial charge in [0.15, 0.2) is 5.16 Å². The number of thioether (sulfide) groups is 1. The number of aromatic nitrogens is 2. The van der Waals surface area contributed by atoms with Gasteiger partial charge in [0.25, 0.3) is 5.56 Å². The Morgan fingerprint density at radius 1 is 1.00 bits per heavy atom. The first-order valence-electron chi connectivity index (χ1n) is 9.39. The molecule has 0 bridgehead atoms. The zero-order valence-corrected chi connectivity index (χ0v) is 18.8. The Balaban J connectivity index is 1.68. The molecular weight excluding hydrogens is 453 g/mol. The van der Waals surface area contributed by atoms with Crippen LogP contribution in [0.25, 0.3) is 16.6 Å². The molecule has 4 aromatic rings. The number of hydrogen-bond donors (Lipinski definition) is 1. The van der Waals surface area contributed by atoms with E-state index in [2.05, 4.69) is 10.3 Å². The second kappa shape index (κ2) is 9.14. The first-order chi connectivity index (χ1) is 14.9. The summed E-state index contributed by atoms with van der Waals surface area (Å²) >= 11 is 13.4. The van der Waals surface area contributed by atoms with Gasteiger partial charge in [-0.25, -0.2) is 4.98 Å². The number of hydrogen-bond acceptors (Lipinski definition) is 4. The first kappa shape index (κ1) is 21.4. The van der Waals surface area contributed by atoms with E-state index in [4.69, 9.17) is 23.2 Å². The molecule has 156 valence electrons. The van der Waals surface area contributed by atoms with Crippen LogP contribution in [0.2, 0.25) is 10.0 Å². The lowest BCUT2D eigenvalue weighted by Gasteiger charge is -2.14. The number of anilines is 1. The van der Waals surface area contributed by atoms with E-state index in [1.165, 1.54) is 16.3 Å². The lowest BCUT2D eigenvalue weighted by atomic mass is 10.2. The van der Waals surface area contributed by atoms with E-state index in [9.17, 15) is 9.59 Å². The molecule has 4 rings (SSSR count). The molecule has 0 atom stereocenters. The van der Waals surface area contributed by atoms with Gasteiger partial charge in [-0.15, -0.1) is 0 Å². The fourth-order valence-electron chi connectivity index (χ4n) is 3.05. The average molecular weight is 470 g/mol. The predicted molar refractivity (Wildman–Crippen MR) is 128 cm³/mol. The lowest BCUT2D eigenvalue weighted by molar-refractivity contribution is -0.113. The molecule has 0 aliphatic carbocycles. The lowest BCUT2D eigenvalue weighted by Crippen LogP contribution is -2.23. The summed E-state index contributed by atoms with van der Waals surface area (Å²) in [4.78, 5) is 30.4. The van der Waals surface area contributed by atoms with Crippen molar-refractivity contribution in [2.75, 3.05) is 11.1 Å². The van der Waals surface area contributed by atoms with Crippen molar-refractivity contribution in [2.45, 2.75) is 12.1 Å². The summed E-state index contributed by atoms with van der Waals surface area (Å²) in [7, 11) is 0. The highest BCUT2D eigenvalue weighted by molar-refractivity contribution is 7.99. The highest BCUT2D eigenvalue weighted by Gasteiger charge is 2.16. The van der Waals surface area contributed by atoms with Crippen molar-refractivity contribution in [3.63, 3.8) is 0 Å². The second-order valence-corrected chi connectivity index (χ2v) is 8.58. The first-order valence-corrected chi connectivity index (χ1v) is 11.1. The van der Waals surface area contributed by atoms with Gasteiger partial charge in [-0.2, -0.15) is 0 Å². The van der Waals surface area contributed by atoms with Crippen molar-refractivity contribution in [2.24, 2.45) is 0 Å². The van der Waals surface area contributed by atoms with Crippen molar-refractivity contribution in [1.82, 2.24) is 9.55 Å². The van der Waals surface area contributed by atoms with Crippen LogP contribution in [-0.2, 0) is 4.79 Å². The van der Waals surface area contributed by atoms with E-state index in [0.717, 1.165) is 5.56 Å². The van der Waals surface area contributed by atoms with Gasteiger partial charge in [-0.05, 0) is 43.3 Å². The number of fused-ring (bicyclic) bond motifs is 1. The van der Waals surface area contributed by atoms with E-state index in [1.54, 1.807) is 36.4 Å². The minimum atomic E-state index is -0.308. The zero-order chi connectivity index (χ0) is 22.0. The van der Waals surface area contributed by atoms with Gasteiger partial charge in [0.2, 0.25) is 5.91 Å². The van der Waals surface area contributed by atoms with Crippen LogP contribution in [0.1, 0.15) is 5.56 Å². The predicted octanol–water partition coefficient (Wildman–Crippen LogP) is 5.73. The maximum atomic E-state index is 13.2. The third-order valence-electron chi connectivity index (χ3n) is 4.60. The number of para-hydroxylation sites is 2. The van der Waals surface area contributed by atoms with Crippen LogP contribution in [-0.4, -0.2) is 21.2 Å². The maximum Gasteiger partial charge on any atom is 0.266 e. The molecule has 0 aliphatic rings. The topological polar surface area (TPSA) is 64.0 Å². The number of halogens is 2. The minimum Gasteiger partial charge on any atom is -0.323 e. The molecule has 0 aliphatic heterocycles. The van der Waals surface area contributed by atoms with E-state index < -0.39 is 0 Å². The van der Waals surface area contributed by atoms with Gasteiger partial charge in [0.1, 0.15) is 0 Å². The molecule has 0 unspecified atom stereocenters. The van der Waals surface area contributed by atoms with Crippen LogP contribution in [0.5, 0.6) is 0 Å². The van der Waals surface area contributed by atoms with Crippen LogP contribution >= 0.6 is 35.0 Å². The molecule has 0 spiro atoms. The zero-order valence-electron chi connectivity index (χ0n) is 16.4. The van der Waals surface area contributed by atoms with Crippen molar-refractivity contribution in [1.29, 1.82) is 0 Å². The number of aryl methyl sites for hydroxylation is 1. The van der Waals surface area contributed by atoms with Crippen LogP contribution in [0, 0.1) is 6.92 Å². The Bertz CT molecular complexity index is 1320. The van der Waals surface area contributed by atoms with Crippen LogP contribution in [0.4, 0.5) is 5.69 Å². The highest BCUT2D eigenvalue weighted by Crippen LogP contribution is 2.30. The van der Waals surface area contributed by atoms with E-state index in [1.807, 2.05) is 37.3 Å². The van der Waals surface area contributed by atoms with Gasteiger partial charge >= 0.3 is 0 Å². The third kappa shape index (κ3) is 4.61. The summed E-state index contributed by atoms with van der Waals surface area (Å²) in [6.45, 7) is 1.98. The van der Waals surface area contributed by atoms with Gasteiger partial charge in [-0.3, -0.25) is 14.2 Å². The minimum absolute atomic E-state index is 0.0260. The molecule has 0 saturated heterocycles. The summed E-state index contributed by atoms with van der Waals surface area (Å²) in [6.07, 6.45) is 0. The molecular formula is C23H17Cl2N3O2S. The third-order valence-corrected chi connectivity index (χ3v) is 6.17. The van der Waals surface area contributed by atoms with Crippen molar-refractivity contribution >= 4 is 57.5 Å². The van der Waals surface area contributed by atoms with Crippen LogP contribution in [0.15, 0.2) is 76.7 Å². The average Bonchev–Trinajstić information content (AvgIpc) is 2.76. The molecule has 1 amide bonds. The fourth-order valence-corrected chi connectivity index (χ4v) is 4.36. The van der Waals surface area contributed by atoms with Gasteiger partial charge in [0, 0.05) is 0 Å². The van der Waals surface area contributed by atoms with Crippen LogP contribution < -0.4 is 10.9 Å². The largest absolute Gasteiger partial charge is 0.323 e. The summed E-state index contributed by atoms with van der Waals surface area (Å²) in [6, 6.07) is 19.7.